The summed E-state index contributed by atoms with van der Waals surface area (Å²) in [5, 5.41) is 3.64. The summed E-state index contributed by atoms with van der Waals surface area (Å²) in [6.07, 6.45) is 0. The van der Waals surface area contributed by atoms with Gasteiger partial charge in [0.05, 0.1) is 0 Å². The molecule has 0 radical (unpaired) electrons. The highest BCUT2D eigenvalue weighted by Gasteiger charge is 2.33. The van der Waals surface area contributed by atoms with Gasteiger partial charge in [-0.3, -0.25) is 4.99 Å². The normalized spacial score (nSPS) is 19.9. The first-order valence-corrected chi connectivity index (χ1v) is 9.44. The number of amidine groups is 1. The third-order valence-electron chi connectivity index (χ3n) is 5.17. The quantitative estimate of drug-likeness (QED) is 0.831. The second-order valence-corrected chi connectivity index (χ2v) is 6.59. The highest BCUT2D eigenvalue weighted by Crippen LogP contribution is 2.38. The summed E-state index contributed by atoms with van der Waals surface area (Å²) < 4.78 is 0. The number of hydrogen-bond acceptors (Lipinski definition) is 3. The molecule has 2 unspecified atom stereocenters. The fourth-order valence-corrected chi connectivity index (χ4v) is 3.69. The van der Waals surface area contributed by atoms with Crippen LogP contribution >= 0.6 is 0 Å². The van der Waals surface area contributed by atoms with E-state index in [0.717, 1.165) is 38.6 Å². The molecule has 0 spiro atoms. The van der Waals surface area contributed by atoms with Gasteiger partial charge in [-0.2, -0.15) is 0 Å². The molecule has 1 N–H and O–H groups in total. The van der Waals surface area contributed by atoms with Crippen molar-refractivity contribution in [3.8, 4) is 0 Å². The first kappa shape index (κ1) is 17.7. The molecule has 0 bridgehead atoms. The van der Waals surface area contributed by atoms with E-state index in [-0.39, 0.29) is 0 Å². The van der Waals surface area contributed by atoms with Crippen LogP contribution in [-0.2, 0) is 0 Å². The van der Waals surface area contributed by atoms with Gasteiger partial charge in [0.25, 0.3) is 0 Å². The predicted molar refractivity (Wildman–Crippen MR) is 106 cm³/mol. The van der Waals surface area contributed by atoms with E-state index >= 15 is 0 Å². The first-order valence-electron chi connectivity index (χ1n) is 9.44. The molecule has 25 heavy (non-hydrogen) atoms. The maximum atomic E-state index is 4.89. The van der Waals surface area contributed by atoms with Crippen LogP contribution in [0, 0.1) is 0 Å². The molecule has 3 rings (SSSR count). The summed E-state index contributed by atoms with van der Waals surface area (Å²) in [4.78, 5) is 7.33. The van der Waals surface area contributed by atoms with Gasteiger partial charge in [0.15, 0.2) is 0 Å². The topological polar surface area (TPSA) is 27.6 Å². The highest BCUT2D eigenvalue weighted by molar-refractivity contribution is 5.92. The van der Waals surface area contributed by atoms with Gasteiger partial charge in [-0.15, -0.1) is 0 Å². The van der Waals surface area contributed by atoms with Crippen LogP contribution in [0.15, 0.2) is 65.7 Å². The number of likely N-dealkylation sites (N-methyl/N-ethyl adjacent to an activating group) is 1. The molecule has 3 heteroatoms. The molecular formula is C22H29N3. The van der Waals surface area contributed by atoms with E-state index in [9.17, 15) is 0 Å². The lowest BCUT2D eigenvalue weighted by molar-refractivity contribution is 0.308. The van der Waals surface area contributed by atoms with E-state index in [2.05, 4.69) is 84.7 Å². The second-order valence-electron chi connectivity index (χ2n) is 6.59. The lowest BCUT2D eigenvalue weighted by Crippen LogP contribution is -2.36. The average Bonchev–Trinajstić information content (AvgIpc) is 3.10. The molecule has 0 amide bonds. The number of hydrogen-bond donors (Lipinski definition) is 1. The Balaban J connectivity index is 1.76. The van der Waals surface area contributed by atoms with E-state index in [1.54, 1.807) is 0 Å². The molecule has 1 heterocycles. The van der Waals surface area contributed by atoms with Gasteiger partial charge in [0.2, 0.25) is 0 Å². The van der Waals surface area contributed by atoms with Crippen LogP contribution in [0.3, 0.4) is 0 Å². The third-order valence-corrected chi connectivity index (χ3v) is 5.17. The van der Waals surface area contributed by atoms with Crippen molar-refractivity contribution in [2.45, 2.75) is 25.7 Å². The fourth-order valence-electron chi connectivity index (χ4n) is 3.69. The molecule has 0 saturated heterocycles. The molecule has 0 fully saturated rings. The van der Waals surface area contributed by atoms with Crippen LogP contribution in [0.1, 0.15) is 36.8 Å². The minimum absolute atomic E-state index is 0.320. The Labute approximate surface area is 151 Å². The molecular weight excluding hydrogens is 306 g/mol. The zero-order valence-electron chi connectivity index (χ0n) is 15.4. The van der Waals surface area contributed by atoms with Crippen molar-refractivity contribution in [2.24, 2.45) is 4.99 Å². The van der Waals surface area contributed by atoms with Gasteiger partial charge in [0.1, 0.15) is 5.84 Å². The Hall–Kier alpha value is -2.13. The number of nitrogens with one attached hydrogen (secondary N) is 1. The number of rotatable bonds is 7. The molecule has 0 aromatic heterocycles. The summed E-state index contributed by atoms with van der Waals surface area (Å²) in [5.74, 6) is 1.88. The Morgan fingerprint density at radius 2 is 1.52 bits per heavy atom. The third kappa shape index (κ3) is 4.29. The van der Waals surface area contributed by atoms with Crippen LogP contribution in [-0.4, -0.2) is 43.5 Å². The zero-order valence-corrected chi connectivity index (χ0v) is 15.4. The molecule has 0 aliphatic carbocycles. The standard InChI is InChI=1S/C22H29N3/c1-3-25(4-2)16-15-23-22-21(19-13-9-6-10-14-19)20(17-24-22)18-11-7-5-8-12-18/h5-14,20-21H,3-4,15-17H2,1-2H3,(H,23,24). The van der Waals surface area contributed by atoms with Crippen LogP contribution in [0.4, 0.5) is 0 Å². The first-order chi connectivity index (χ1) is 12.3. The van der Waals surface area contributed by atoms with E-state index < -0.39 is 0 Å². The summed E-state index contributed by atoms with van der Waals surface area (Å²) in [5.41, 5.74) is 2.73. The number of aliphatic imine (C=N–C) groups is 1. The predicted octanol–water partition coefficient (Wildman–Crippen LogP) is 3.90. The molecule has 0 saturated carbocycles. The van der Waals surface area contributed by atoms with Gasteiger partial charge in [-0.25, -0.2) is 0 Å². The van der Waals surface area contributed by atoms with Gasteiger partial charge in [0, 0.05) is 31.5 Å². The molecule has 1 aliphatic rings. The minimum Gasteiger partial charge on any atom is -0.372 e. The van der Waals surface area contributed by atoms with Crippen molar-refractivity contribution in [3.63, 3.8) is 0 Å². The summed E-state index contributed by atoms with van der Waals surface area (Å²) >= 11 is 0. The van der Waals surface area contributed by atoms with E-state index in [4.69, 9.17) is 4.99 Å². The molecule has 132 valence electrons. The van der Waals surface area contributed by atoms with Crippen molar-refractivity contribution < 1.29 is 0 Å². The summed E-state index contributed by atoms with van der Waals surface area (Å²) in [7, 11) is 0. The van der Waals surface area contributed by atoms with Crippen molar-refractivity contribution in [2.75, 3.05) is 32.7 Å². The van der Waals surface area contributed by atoms with Crippen LogP contribution in [0.5, 0.6) is 0 Å². The van der Waals surface area contributed by atoms with Gasteiger partial charge in [-0.1, -0.05) is 74.5 Å². The fraction of sp³-hybridized carbons (Fsp3) is 0.409. The van der Waals surface area contributed by atoms with E-state index in [1.165, 1.54) is 11.1 Å². The molecule has 2 atom stereocenters. The molecule has 3 nitrogen and oxygen atoms in total. The maximum Gasteiger partial charge on any atom is 0.105 e. The van der Waals surface area contributed by atoms with Crippen LogP contribution in [0.2, 0.25) is 0 Å². The number of benzene rings is 2. The van der Waals surface area contributed by atoms with Crippen molar-refractivity contribution in [1.29, 1.82) is 0 Å². The summed E-state index contributed by atoms with van der Waals surface area (Å²) in [6.45, 7) is 9.49. The van der Waals surface area contributed by atoms with Gasteiger partial charge < -0.3 is 10.2 Å². The average molecular weight is 335 g/mol. The molecule has 2 aromatic carbocycles. The summed E-state index contributed by atoms with van der Waals surface area (Å²) in [6, 6.07) is 21.6. The zero-order chi connectivity index (χ0) is 17.5. The Bertz CT molecular complexity index is 662. The molecule has 1 aliphatic heterocycles. The van der Waals surface area contributed by atoms with Crippen molar-refractivity contribution >= 4 is 5.84 Å². The van der Waals surface area contributed by atoms with Crippen molar-refractivity contribution in [1.82, 2.24) is 10.2 Å². The Kier molecular flexibility index (Phi) is 6.24. The lowest BCUT2D eigenvalue weighted by atomic mass is 9.82. The SMILES string of the molecule is CCN(CC)CCNC1=NCC(c2ccccc2)C1c1ccccc1. The Morgan fingerprint density at radius 1 is 0.920 bits per heavy atom. The van der Waals surface area contributed by atoms with Gasteiger partial charge in [-0.05, 0) is 24.2 Å². The van der Waals surface area contributed by atoms with Crippen molar-refractivity contribution in [3.05, 3.63) is 71.8 Å². The largest absolute Gasteiger partial charge is 0.372 e. The smallest absolute Gasteiger partial charge is 0.105 e. The minimum atomic E-state index is 0.320. The second kappa shape index (κ2) is 8.82. The monoisotopic (exact) mass is 335 g/mol. The maximum absolute atomic E-state index is 4.89. The van der Waals surface area contributed by atoms with Crippen LogP contribution in [0.25, 0.3) is 0 Å². The lowest BCUT2D eigenvalue weighted by Gasteiger charge is -2.24. The molecule has 2 aromatic rings. The number of nitrogens with zero attached hydrogens (tertiary/aromatic N) is 2. The van der Waals surface area contributed by atoms with Gasteiger partial charge >= 0.3 is 0 Å². The van der Waals surface area contributed by atoms with Crippen LogP contribution < -0.4 is 5.32 Å². The van der Waals surface area contributed by atoms with E-state index in [0.29, 0.717) is 11.8 Å². The Morgan fingerprint density at radius 3 is 2.12 bits per heavy atom. The van der Waals surface area contributed by atoms with E-state index in [1.807, 2.05) is 0 Å². The highest BCUT2D eigenvalue weighted by atomic mass is 15.1.